The first-order valence-electron chi connectivity index (χ1n) is 7.40. The summed E-state index contributed by atoms with van der Waals surface area (Å²) >= 11 is 0. The molecule has 0 aliphatic carbocycles. The number of amides is 1. The van der Waals surface area contributed by atoms with E-state index in [9.17, 15) is 14.7 Å². The lowest BCUT2D eigenvalue weighted by molar-refractivity contribution is -0.142. The zero-order valence-electron chi connectivity index (χ0n) is 12.3. The fourth-order valence-electron chi connectivity index (χ4n) is 3.58. The largest absolute Gasteiger partial charge is 0.480 e. The van der Waals surface area contributed by atoms with Gasteiger partial charge in [0.1, 0.15) is 6.04 Å². The van der Waals surface area contributed by atoms with Crippen LogP contribution in [0.1, 0.15) is 26.2 Å². The Morgan fingerprint density at radius 3 is 2.75 bits per heavy atom. The Morgan fingerprint density at radius 2 is 2.10 bits per heavy atom. The summed E-state index contributed by atoms with van der Waals surface area (Å²) in [6, 6.07) is -0.158. The molecule has 0 saturated carbocycles. The van der Waals surface area contributed by atoms with Crippen LogP contribution in [0.15, 0.2) is 0 Å². The number of nitrogens with zero attached hydrogens (tertiary/aromatic N) is 2. The molecule has 0 radical (unpaired) electrons. The predicted molar refractivity (Wildman–Crippen MR) is 75.4 cm³/mol. The van der Waals surface area contributed by atoms with Gasteiger partial charge in [-0.2, -0.15) is 0 Å². The minimum atomic E-state index is -0.955. The first kappa shape index (κ1) is 15.3. The highest BCUT2D eigenvalue weighted by molar-refractivity contribution is 5.82. The van der Waals surface area contributed by atoms with Crippen LogP contribution in [0.4, 0.5) is 0 Å². The number of carboxylic acid groups (broad SMARTS) is 1. The van der Waals surface area contributed by atoms with E-state index in [1.165, 1.54) is 26.3 Å². The van der Waals surface area contributed by atoms with Gasteiger partial charge in [0.25, 0.3) is 0 Å². The third kappa shape index (κ3) is 3.70. The molecular formula is C14H25N3O3. The van der Waals surface area contributed by atoms with E-state index >= 15 is 0 Å². The number of carbonyl (C=O) groups is 2. The van der Waals surface area contributed by atoms with Gasteiger partial charge in [0, 0.05) is 26.1 Å². The van der Waals surface area contributed by atoms with Crippen LogP contribution < -0.4 is 5.32 Å². The summed E-state index contributed by atoms with van der Waals surface area (Å²) in [7, 11) is 2.18. The summed E-state index contributed by atoms with van der Waals surface area (Å²) in [6.07, 6.45) is 3.54. The van der Waals surface area contributed by atoms with Crippen LogP contribution in [0.25, 0.3) is 0 Å². The minimum Gasteiger partial charge on any atom is -0.480 e. The number of rotatable bonds is 4. The molecule has 2 N–H and O–H groups in total. The fourth-order valence-corrected chi connectivity index (χ4v) is 3.58. The van der Waals surface area contributed by atoms with Crippen molar-refractivity contribution in [3.63, 3.8) is 0 Å². The molecule has 0 bridgehead atoms. The van der Waals surface area contributed by atoms with Crippen molar-refractivity contribution in [1.29, 1.82) is 0 Å². The van der Waals surface area contributed by atoms with E-state index < -0.39 is 12.0 Å². The first-order valence-corrected chi connectivity index (χ1v) is 7.40. The maximum atomic E-state index is 11.2. The highest BCUT2D eigenvalue weighted by Gasteiger charge is 2.35. The number of piperidine rings is 2. The second-order valence-electron chi connectivity index (χ2n) is 6.09. The number of nitrogens with one attached hydrogen (secondary N) is 1. The molecule has 3 atom stereocenters. The Bertz CT molecular complexity index is 375. The van der Waals surface area contributed by atoms with Crippen molar-refractivity contribution in [2.45, 2.75) is 38.3 Å². The van der Waals surface area contributed by atoms with Crippen molar-refractivity contribution in [3.8, 4) is 0 Å². The van der Waals surface area contributed by atoms with Crippen LogP contribution in [-0.2, 0) is 9.59 Å². The second kappa shape index (κ2) is 6.54. The summed E-state index contributed by atoms with van der Waals surface area (Å²) < 4.78 is 0. The molecule has 2 rings (SSSR count). The molecule has 0 aromatic rings. The average Bonchev–Trinajstić information content (AvgIpc) is 2.37. The number of hydrogen-bond donors (Lipinski definition) is 2. The molecule has 3 unspecified atom stereocenters. The lowest BCUT2D eigenvalue weighted by atomic mass is 9.84. The lowest BCUT2D eigenvalue weighted by Gasteiger charge is -2.46. The summed E-state index contributed by atoms with van der Waals surface area (Å²) in [4.78, 5) is 26.9. The Balaban J connectivity index is 1.90. The van der Waals surface area contributed by atoms with Crippen molar-refractivity contribution in [3.05, 3.63) is 0 Å². The molecule has 2 saturated heterocycles. The third-order valence-corrected chi connectivity index (χ3v) is 4.55. The van der Waals surface area contributed by atoms with Gasteiger partial charge >= 0.3 is 5.97 Å². The molecule has 0 aromatic heterocycles. The van der Waals surface area contributed by atoms with Gasteiger partial charge in [-0.3, -0.25) is 4.79 Å². The highest BCUT2D eigenvalue weighted by Crippen LogP contribution is 2.29. The SMILES string of the molecule is CC(=O)NC(CN1CCC2C(CCCN2C)C1)C(=O)O. The minimum absolute atomic E-state index is 0.287. The smallest absolute Gasteiger partial charge is 0.327 e. The first-order chi connectivity index (χ1) is 9.47. The summed E-state index contributed by atoms with van der Waals surface area (Å²) in [6.45, 7) is 4.79. The number of carboxylic acids is 1. The van der Waals surface area contributed by atoms with E-state index in [0.717, 1.165) is 19.5 Å². The molecule has 2 aliphatic heterocycles. The van der Waals surface area contributed by atoms with Crippen LogP contribution >= 0.6 is 0 Å². The molecule has 2 heterocycles. The molecule has 2 aliphatic rings. The van der Waals surface area contributed by atoms with Gasteiger partial charge in [0.2, 0.25) is 5.91 Å². The standard InChI is InChI=1S/C14H25N3O3/c1-10(18)15-12(14(19)20)9-17-7-5-13-11(8-17)4-3-6-16(13)2/h11-13H,3-9H2,1-2H3,(H,15,18)(H,19,20). The van der Waals surface area contributed by atoms with E-state index in [-0.39, 0.29) is 5.91 Å². The molecule has 6 nitrogen and oxygen atoms in total. The highest BCUT2D eigenvalue weighted by atomic mass is 16.4. The van der Waals surface area contributed by atoms with Gasteiger partial charge in [-0.15, -0.1) is 0 Å². The third-order valence-electron chi connectivity index (χ3n) is 4.55. The molecule has 6 heteroatoms. The van der Waals surface area contributed by atoms with Crippen molar-refractivity contribution in [2.24, 2.45) is 5.92 Å². The van der Waals surface area contributed by atoms with Crippen molar-refractivity contribution < 1.29 is 14.7 Å². The average molecular weight is 283 g/mol. The van der Waals surface area contributed by atoms with Crippen LogP contribution in [0.2, 0.25) is 0 Å². The summed E-state index contributed by atoms with van der Waals surface area (Å²) in [5, 5.41) is 11.7. The maximum absolute atomic E-state index is 11.2. The number of aliphatic carboxylic acids is 1. The molecule has 1 amide bonds. The summed E-state index contributed by atoms with van der Waals surface area (Å²) in [5.74, 6) is -0.609. The molecular weight excluding hydrogens is 258 g/mol. The molecule has 20 heavy (non-hydrogen) atoms. The van der Waals surface area contributed by atoms with Crippen LogP contribution in [0.3, 0.4) is 0 Å². The number of likely N-dealkylation sites (tertiary alicyclic amines) is 2. The van der Waals surface area contributed by atoms with Gasteiger partial charge in [-0.25, -0.2) is 4.79 Å². The Hall–Kier alpha value is -1.14. The molecule has 2 fully saturated rings. The van der Waals surface area contributed by atoms with Crippen molar-refractivity contribution in [2.75, 3.05) is 33.2 Å². The van der Waals surface area contributed by atoms with Crippen LogP contribution in [0.5, 0.6) is 0 Å². The van der Waals surface area contributed by atoms with Gasteiger partial charge in [0.05, 0.1) is 0 Å². The monoisotopic (exact) mass is 283 g/mol. The Kier molecular flexibility index (Phi) is 4.99. The quantitative estimate of drug-likeness (QED) is 0.759. The van der Waals surface area contributed by atoms with Gasteiger partial charge in [0.15, 0.2) is 0 Å². The zero-order chi connectivity index (χ0) is 14.7. The summed E-state index contributed by atoms with van der Waals surface area (Å²) in [5.41, 5.74) is 0. The topological polar surface area (TPSA) is 72.9 Å². The molecule has 0 spiro atoms. The van der Waals surface area contributed by atoms with Gasteiger partial charge in [-0.1, -0.05) is 0 Å². The van der Waals surface area contributed by atoms with E-state index in [2.05, 4.69) is 22.2 Å². The molecule has 0 aromatic carbocycles. The normalized spacial score (nSPS) is 29.5. The molecule has 114 valence electrons. The van der Waals surface area contributed by atoms with Crippen LogP contribution in [0, 0.1) is 5.92 Å². The Labute approximate surface area is 120 Å². The van der Waals surface area contributed by atoms with E-state index in [4.69, 9.17) is 0 Å². The van der Waals surface area contributed by atoms with Crippen molar-refractivity contribution >= 4 is 11.9 Å². The fraction of sp³-hybridized carbons (Fsp3) is 0.857. The van der Waals surface area contributed by atoms with E-state index in [0.29, 0.717) is 18.5 Å². The van der Waals surface area contributed by atoms with Crippen LogP contribution in [-0.4, -0.2) is 72.1 Å². The number of hydrogen-bond acceptors (Lipinski definition) is 4. The van der Waals surface area contributed by atoms with E-state index in [1.54, 1.807) is 0 Å². The second-order valence-corrected chi connectivity index (χ2v) is 6.09. The van der Waals surface area contributed by atoms with Crippen molar-refractivity contribution in [1.82, 2.24) is 15.1 Å². The number of fused-ring (bicyclic) bond motifs is 1. The maximum Gasteiger partial charge on any atom is 0.327 e. The van der Waals surface area contributed by atoms with E-state index in [1.807, 2.05) is 0 Å². The Morgan fingerprint density at radius 1 is 1.35 bits per heavy atom. The predicted octanol–water partition coefficient (Wildman–Crippen LogP) is -0.00820. The van der Waals surface area contributed by atoms with Gasteiger partial charge in [-0.05, 0) is 45.3 Å². The lowest BCUT2D eigenvalue weighted by Crippen LogP contribution is -2.56. The number of carbonyl (C=O) groups excluding carboxylic acids is 1. The van der Waals surface area contributed by atoms with Gasteiger partial charge < -0.3 is 20.2 Å². The zero-order valence-corrected chi connectivity index (χ0v) is 12.3.